The molecule has 0 saturated heterocycles. The van der Waals surface area contributed by atoms with E-state index in [1.165, 1.54) is 24.1 Å². The normalized spacial score (nSPS) is 15.8. The zero-order chi connectivity index (χ0) is 14.0. The van der Waals surface area contributed by atoms with Gasteiger partial charge in [-0.15, -0.1) is 0 Å². The summed E-state index contributed by atoms with van der Waals surface area (Å²) >= 11 is 0. The third kappa shape index (κ3) is 2.73. The third-order valence-corrected chi connectivity index (χ3v) is 4.31. The molecule has 1 aromatic rings. The van der Waals surface area contributed by atoms with Crippen molar-refractivity contribution in [1.82, 2.24) is 4.98 Å². The van der Waals surface area contributed by atoms with Crippen LogP contribution in [0.2, 0.25) is 0 Å². The molecule has 1 unspecified atom stereocenters. The summed E-state index contributed by atoms with van der Waals surface area (Å²) in [6.07, 6.45) is 4.56. The summed E-state index contributed by atoms with van der Waals surface area (Å²) in [7, 11) is 2.04. The van der Waals surface area contributed by atoms with Crippen molar-refractivity contribution >= 4 is 5.82 Å². The first-order valence-corrected chi connectivity index (χ1v) is 7.20. The minimum atomic E-state index is 0.376. The van der Waals surface area contributed by atoms with Crippen LogP contribution >= 0.6 is 0 Å². The number of pyridine rings is 1. The lowest BCUT2D eigenvalue weighted by molar-refractivity contribution is 0.501. The predicted octanol–water partition coefficient (Wildman–Crippen LogP) is 3.31. The highest BCUT2D eigenvalue weighted by atomic mass is 15.2. The molecule has 102 valence electrons. The Hall–Kier alpha value is -1.56. The highest BCUT2D eigenvalue weighted by molar-refractivity contribution is 5.56. The molecular formula is C16H23N3. The lowest BCUT2D eigenvalue weighted by atomic mass is 9.94. The van der Waals surface area contributed by atoms with E-state index in [9.17, 15) is 5.26 Å². The number of aryl methyl sites for hydroxylation is 2. The second kappa shape index (κ2) is 5.61. The zero-order valence-electron chi connectivity index (χ0n) is 12.4. The molecule has 0 radical (unpaired) electrons. The van der Waals surface area contributed by atoms with Gasteiger partial charge in [-0.2, -0.15) is 5.26 Å². The molecule has 1 heterocycles. The Morgan fingerprint density at radius 1 is 1.26 bits per heavy atom. The van der Waals surface area contributed by atoms with Crippen LogP contribution in [-0.2, 0) is 12.8 Å². The molecule has 0 bridgehead atoms. The van der Waals surface area contributed by atoms with Crippen LogP contribution in [0.25, 0.3) is 0 Å². The van der Waals surface area contributed by atoms with E-state index < -0.39 is 0 Å². The van der Waals surface area contributed by atoms with Crippen molar-refractivity contribution < 1.29 is 0 Å². The SMILES string of the molecule is CC(C)C(C)N(C)c1nc2c(cc1C#N)CCCC2. The van der Waals surface area contributed by atoms with Gasteiger partial charge in [0.1, 0.15) is 11.9 Å². The molecule has 0 spiro atoms. The van der Waals surface area contributed by atoms with Crippen LogP contribution in [0.3, 0.4) is 0 Å². The fourth-order valence-corrected chi connectivity index (χ4v) is 2.61. The molecule has 2 rings (SSSR count). The molecule has 0 saturated carbocycles. The van der Waals surface area contributed by atoms with Gasteiger partial charge in [0.15, 0.2) is 0 Å². The van der Waals surface area contributed by atoms with Gasteiger partial charge in [-0.1, -0.05) is 13.8 Å². The first-order valence-electron chi connectivity index (χ1n) is 7.20. The number of aromatic nitrogens is 1. The average Bonchev–Trinajstić information content (AvgIpc) is 2.44. The van der Waals surface area contributed by atoms with Crippen molar-refractivity contribution in [2.24, 2.45) is 5.92 Å². The quantitative estimate of drug-likeness (QED) is 0.834. The Labute approximate surface area is 116 Å². The number of anilines is 1. The fraction of sp³-hybridized carbons (Fsp3) is 0.625. The fourth-order valence-electron chi connectivity index (χ4n) is 2.61. The first-order chi connectivity index (χ1) is 9.04. The highest BCUT2D eigenvalue weighted by Gasteiger charge is 2.21. The second-order valence-corrected chi connectivity index (χ2v) is 5.88. The Kier molecular flexibility index (Phi) is 4.09. The zero-order valence-corrected chi connectivity index (χ0v) is 12.4. The van der Waals surface area contributed by atoms with Crippen molar-refractivity contribution in [3.63, 3.8) is 0 Å². The van der Waals surface area contributed by atoms with Crippen LogP contribution in [0.15, 0.2) is 6.07 Å². The molecule has 1 aliphatic carbocycles. The molecule has 1 aromatic heterocycles. The molecule has 0 amide bonds. The summed E-state index contributed by atoms with van der Waals surface area (Å²) in [5.41, 5.74) is 3.19. The van der Waals surface area contributed by atoms with Gasteiger partial charge < -0.3 is 4.90 Å². The summed E-state index contributed by atoms with van der Waals surface area (Å²) < 4.78 is 0. The summed E-state index contributed by atoms with van der Waals surface area (Å²) in [5, 5.41) is 9.37. The van der Waals surface area contributed by atoms with Gasteiger partial charge in [0.2, 0.25) is 0 Å². The average molecular weight is 257 g/mol. The van der Waals surface area contributed by atoms with Gasteiger partial charge in [-0.25, -0.2) is 4.98 Å². The molecule has 0 fully saturated rings. The van der Waals surface area contributed by atoms with Crippen molar-refractivity contribution in [3.05, 3.63) is 22.9 Å². The van der Waals surface area contributed by atoms with Crippen LogP contribution in [0.1, 0.15) is 50.4 Å². The van der Waals surface area contributed by atoms with Gasteiger partial charge >= 0.3 is 0 Å². The van der Waals surface area contributed by atoms with Gasteiger partial charge in [-0.05, 0) is 50.2 Å². The second-order valence-electron chi connectivity index (χ2n) is 5.88. The minimum absolute atomic E-state index is 0.376. The van der Waals surface area contributed by atoms with Crippen LogP contribution in [-0.4, -0.2) is 18.1 Å². The third-order valence-electron chi connectivity index (χ3n) is 4.31. The largest absolute Gasteiger partial charge is 0.356 e. The number of nitrogens with zero attached hydrogens (tertiary/aromatic N) is 3. The first kappa shape index (κ1) is 13.9. The van der Waals surface area contributed by atoms with Crippen molar-refractivity contribution in [1.29, 1.82) is 5.26 Å². The smallest absolute Gasteiger partial charge is 0.146 e. The van der Waals surface area contributed by atoms with E-state index in [0.29, 0.717) is 12.0 Å². The maximum Gasteiger partial charge on any atom is 0.146 e. The Morgan fingerprint density at radius 3 is 2.58 bits per heavy atom. The number of hydrogen-bond acceptors (Lipinski definition) is 3. The van der Waals surface area contributed by atoms with Gasteiger partial charge in [0.25, 0.3) is 0 Å². The van der Waals surface area contributed by atoms with Crippen LogP contribution in [0.4, 0.5) is 5.82 Å². The lowest BCUT2D eigenvalue weighted by Gasteiger charge is -2.30. The predicted molar refractivity (Wildman–Crippen MR) is 78.3 cm³/mol. The van der Waals surface area contributed by atoms with Crippen LogP contribution in [0.5, 0.6) is 0 Å². The number of nitriles is 1. The minimum Gasteiger partial charge on any atom is -0.356 e. The molecule has 1 atom stereocenters. The van der Waals surface area contributed by atoms with Crippen LogP contribution < -0.4 is 4.90 Å². The lowest BCUT2D eigenvalue weighted by Crippen LogP contribution is -2.34. The van der Waals surface area contributed by atoms with E-state index in [4.69, 9.17) is 4.98 Å². The van der Waals surface area contributed by atoms with E-state index in [-0.39, 0.29) is 0 Å². The van der Waals surface area contributed by atoms with Gasteiger partial charge in [0.05, 0.1) is 5.56 Å². The van der Waals surface area contributed by atoms with Crippen molar-refractivity contribution in [2.75, 3.05) is 11.9 Å². The molecule has 0 N–H and O–H groups in total. The number of rotatable bonds is 3. The Bertz CT molecular complexity index is 499. The summed E-state index contributed by atoms with van der Waals surface area (Å²) in [6, 6.07) is 4.75. The molecule has 3 nitrogen and oxygen atoms in total. The van der Waals surface area contributed by atoms with E-state index in [0.717, 1.165) is 24.2 Å². The molecule has 3 heteroatoms. The number of hydrogen-bond donors (Lipinski definition) is 0. The number of fused-ring (bicyclic) bond motifs is 1. The Balaban J connectivity index is 2.42. The molecule has 0 aliphatic heterocycles. The topological polar surface area (TPSA) is 39.9 Å². The van der Waals surface area contributed by atoms with Gasteiger partial charge in [0, 0.05) is 18.8 Å². The van der Waals surface area contributed by atoms with E-state index >= 15 is 0 Å². The van der Waals surface area contributed by atoms with E-state index in [2.05, 4.69) is 37.8 Å². The Morgan fingerprint density at radius 2 is 1.95 bits per heavy atom. The standard InChI is InChI=1S/C16H23N3/c1-11(2)12(3)19(4)16-14(10-17)9-13-7-5-6-8-15(13)18-16/h9,11-12H,5-8H2,1-4H3. The van der Waals surface area contributed by atoms with E-state index in [1.807, 2.05) is 7.05 Å². The summed E-state index contributed by atoms with van der Waals surface area (Å²) in [5.74, 6) is 1.39. The molecule has 19 heavy (non-hydrogen) atoms. The monoisotopic (exact) mass is 257 g/mol. The maximum absolute atomic E-state index is 9.37. The molecule has 1 aliphatic rings. The summed E-state index contributed by atoms with van der Waals surface area (Å²) in [6.45, 7) is 6.59. The maximum atomic E-state index is 9.37. The van der Waals surface area contributed by atoms with Crippen molar-refractivity contribution in [2.45, 2.75) is 52.5 Å². The molecular weight excluding hydrogens is 234 g/mol. The summed E-state index contributed by atoms with van der Waals surface area (Å²) in [4.78, 5) is 6.94. The molecule has 0 aromatic carbocycles. The van der Waals surface area contributed by atoms with Gasteiger partial charge in [-0.3, -0.25) is 0 Å². The highest BCUT2D eigenvalue weighted by Crippen LogP contribution is 2.27. The van der Waals surface area contributed by atoms with E-state index in [1.54, 1.807) is 0 Å². The van der Waals surface area contributed by atoms with Crippen LogP contribution in [0, 0.1) is 17.2 Å². The van der Waals surface area contributed by atoms with Crippen molar-refractivity contribution in [3.8, 4) is 6.07 Å².